The van der Waals surface area contributed by atoms with Crippen molar-refractivity contribution < 1.29 is 23.4 Å². The maximum Gasteiger partial charge on any atom is 0.231 e. The molecule has 0 fully saturated rings. The molecule has 1 aromatic heterocycles. The molecule has 7 nitrogen and oxygen atoms in total. The number of hydrogen-bond donors (Lipinski definition) is 1. The summed E-state index contributed by atoms with van der Waals surface area (Å²) < 4.78 is 21.6. The third-order valence-corrected chi connectivity index (χ3v) is 4.46. The SMILES string of the molecule is COc1cccc(-c2nc(CC(=O)NCc3ccc4c(c3)OCO4)c(C)o2)c1. The first-order valence-corrected chi connectivity index (χ1v) is 8.88. The Labute approximate surface area is 162 Å². The summed E-state index contributed by atoms with van der Waals surface area (Å²) in [6, 6.07) is 13.0. The van der Waals surface area contributed by atoms with Crippen molar-refractivity contribution in [1.82, 2.24) is 10.3 Å². The molecule has 0 saturated carbocycles. The summed E-state index contributed by atoms with van der Waals surface area (Å²) in [5, 5.41) is 2.90. The first-order chi connectivity index (χ1) is 13.6. The average molecular weight is 380 g/mol. The molecular formula is C21H20N2O5. The maximum absolute atomic E-state index is 12.3. The van der Waals surface area contributed by atoms with E-state index in [-0.39, 0.29) is 19.1 Å². The number of hydrogen-bond acceptors (Lipinski definition) is 6. The minimum Gasteiger partial charge on any atom is -0.497 e. The Hall–Kier alpha value is -3.48. The van der Waals surface area contributed by atoms with Gasteiger partial charge in [0.15, 0.2) is 11.5 Å². The van der Waals surface area contributed by atoms with Gasteiger partial charge in [-0.1, -0.05) is 12.1 Å². The van der Waals surface area contributed by atoms with Gasteiger partial charge in [0.2, 0.25) is 18.6 Å². The molecule has 144 valence electrons. The van der Waals surface area contributed by atoms with E-state index in [0.29, 0.717) is 29.6 Å². The molecule has 1 aliphatic rings. The van der Waals surface area contributed by atoms with Crippen LogP contribution in [0.15, 0.2) is 46.9 Å². The van der Waals surface area contributed by atoms with E-state index in [0.717, 1.165) is 22.6 Å². The number of carbonyl (C=O) groups is 1. The molecule has 0 saturated heterocycles. The monoisotopic (exact) mass is 380 g/mol. The molecule has 2 aromatic carbocycles. The fourth-order valence-corrected chi connectivity index (χ4v) is 2.94. The summed E-state index contributed by atoms with van der Waals surface area (Å²) in [4.78, 5) is 16.8. The van der Waals surface area contributed by atoms with Gasteiger partial charge in [-0.05, 0) is 42.8 Å². The van der Waals surface area contributed by atoms with Crippen LogP contribution in [0.25, 0.3) is 11.5 Å². The number of benzene rings is 2. The van der Waals surface area contributed by atoms with Crippen LogP contribution in [0.5, 0.6) is 17.2 Å². The van der Waals surface area contributed by atoms with Crippen molar-refractivity contribution in [2.75, 3.05) is 13.9 Å². The van der Waals surface area contributed by atoms with E-state index in [9.17, 15) is 4.79 Å². The maximum atomic E-state index is 12.3. The molecule has 3 aromatic rings. The van der Waals surface area contributed by atoms with Crippen molar-refractivity contribution >= 4 is 5.91 Å². The fraction of sp³-hybridized carbons (Fsp3) is 0.238. The third kappa shape index (κ3) is 3.78. The summed E-state index contributed by atoms with van der Waals surface area (Å²) in [5.74, 6) is 3.09. The number of nitrogens with zero attached hydrogens (tertiary/aromatic N) is 1. The largest absolute Gasteiger partial charge is 0.497 e. The minimum atomic E-state index is -0.133. The van der Waals surface area contributed by atoms with Crippen LogP contribution in [-0.2, 0) is 17.8 Å². The van der Waals surface area contributed by atoms with Crippen LogP contribution < -0.4 is 19.5 Å². The van der Waals surface area contributed by atoms with Crippen LogP contribution in [0.4, 0.5) is 0 Å². The third-order valence-electron chi connectivity index (χ3n) is 4.46. The zero-order chi connectivity index (χ0) is 19.5. The van der Waals surface area contributed by atoms with E-state index in [1.165, 1.54) is 0 Å². The van der Waals surface area contributed by atoms with E-state index >= 15 is 0 Å². The molecule has 2 heterocycles. The molecule has 1 N–H and O–H groups in total. The van der Waals surface area contributed by atoms with Gasteiger partial charge in [-0.2, -0.15) is 0 Å². The van der Waals surface area contributed by atoms with Crippen molar-refractivity contribution in [3.63, 3.8) is 0 Å². The molecular weight excluding hydrogens is 360 g/mol. The van der Waals surface area contributed by atoms with Crippen LogP contribution in [0.3, 0.4) is 0 Å². The second kappa shape index (κ2) is 7.64. The number of fused-ring (bicyclic) bond motifs is 1. The Kier molecular flexibility index (Phi) is 4.89. The van der Waals surface area contributed by atoms with Gasteiger partial charge in [0.1, 0.15) is 11.5 Å². The zero-order valence-electron chi connectivity index (χ0n) is 15.7. The van der Waals surface area contributed by atoms with Crippen molar-refractivity contribution in [1.29, 1.82) is 0 Å². The molecule has 4 rings (SSSR count). The van der Waals surface area contributed by atoms with Gasteiger partial charge >= 0.3 is 0 Å². The predicted octanol–water partition coefficient (Wildman–Crippen LogP) is 3.25. The Balaban J connectivity index is 1.40. The van der Waals surface area contributed by atoms with Gasteiger partial charge in [0, 0.05) is 12.1 Å². The summed E-state index contributed by atoms with van der Waals surface area (Å²) in [6.45, 7) is 2.43. The first kappa shape index (κ1) is 17.9. The molecule has 7 heteroatoms. The van der Waals surface area contributed by atoms with Gasteiger partial charge < -0.3 is 23.9 Å². The number of carbonyl (C=O) groups excluding carboxylic acids is 1. The van der Waals surface area contributed by atoms with Crippen molar-refractivity contribution in [2.45, 2.75) is 19.9 Å². The number of methoxy groups -OCH3 is 1. The van der Waals surface area contributed by atoms with Crippen LogP contribution >= 0.6 is 0 Å². The first-order valence-electron chi connectivity index (χ1n) is 8.88. The molecule has 28 heavy (non-hydrogen) atoms. The normalized spacial score (nSPS) is 12.1. The molecule has 0 unspecified atom stereocenters. The summed E-state index contributed by atoms with van der Waals surface area (Å²) in [5.41, 5.74) is 2.35. The topological polar surface area (TPSA) is 82.8 Å². The van der Waals surface area contributed by atoms with Crippen LogP contribution in [0, 0.1) is 6.92 Å². The van der Waals surface area contributed by atoms with Gasteiger partial charge in [-0.3, -0.25) is 4.79 Å². The minimum absolute atomic E-state index is 0.133. The number of rotatable bonds is 6. The summed E-state index contributed by atoms with van der Waals surface area (Å²) >= 11 is 0. The van der Waals surface area contributed by atoms with Crippen LogP contribution in [0.2, 0.25) is 0 Å². The highest BCUT2D eigenvalue weighted by Crippen LogP contribution is 2.32. The second-order valence-electron chi connectivity index (χ2n) is 6.39. The number of ether oxygens (including phenoxy) is 3. The highest BCUT2D eigenvalue weighted by Gasteiger charge is 2.16. The molecule has 0 bridgehead atoms. The van der Waals surface area contributed by atoms with Crippen LogP contribution in [0.1, 0.15) is 17.0 Å². The fourth-order valence-electron chi connectivity index (χ4n) is 2.94. The number of nitrogens with one attached hydrogen (secondary N) is 1. The zero-order valence-corrected chi connectivity index (χ0v) is 15.7. The molecule has 1 amide bonds. The van der Waals surface area contributed by atoms with Crippen LogP contribution in [-0.4, -0.2) is 24.8 Å². The molecule has 0 radical (unpaired) electrons. The van der Waals surface area contributed by atoms with Gasteiger partial charge in [0.25, 0.3) is 0 Å². The standard InChI is InChI=1S/C21H20N2O5/c1-13-17(23-21(28-13)15-4-3-5-16(9-15)25-2)10-20(24)22-11-14-6-7-18-19(8-14)27-12-26-18/h3-9H,10-12H2,1-2H3,(H,22,24). The van der Waals surface area contributed by atoms with Crippen molar-refractivity contribution in [2.24, 2.45) is 0 Å². The number of aromatic nitrogens is 1. The van der Waals surface area contributed by atoms with E-state index < -0.39 is 0 Å². The van der Waals surface area contributed by atoms with Crippen molar-refractivity contribution in [3.05, 3.63) is 59.5 Å². The lowest BCUT2D eigenvalue weighted by molar-refractivity contribution is -0.120. The van der Waals surface area contributed by atoms with E-state index in [1.807, 2.05) is 42.5 Å². The number of amides is 1. The molecule has 1 aliphatic heterocycles. The molecule has 0 spiro atoms. The smallest absolute Gasteiger partial charge is 0.231 e. The highest BCUT2D eigenvalue weighted by molar-refractivity contribution is 5.78. The average Bonchev–Trinajstić information content (AvgIpc) is 3.32. The van der Waals surface area contributed by atoms with E-state index in [2.05, 4.69) is 10.3 Å². The quantitative estimate of drug-likeness (QED) is 0.707. The number of oxazole rings is 1. The van der Waals surface area contributed by atoms with Crippen molar-refractivity contribution in [3.8, 4) is 28.7 Å². The lowest BCUT2D eigenvalue weighted by Gasteiger charge is -2.05. The van der Waals surface area contributed by atoms with E-state index in [4.69, 9.17) is 18.6 Å². The highest BCUT2D eigenvalue weighted by atomic mass is 16.7. The summed E-state index contributed by atoms with van der Waals surface area (Å²) in [7, 11) is 1.61. The van der Waals surface area contributed by atoms with Gasteiger partial charge in [0.05, 0.1) is 19.2 Å². The number of aryl methyl sites for hydroxylation is 1. The Morgan fingerprint density at radius 3 is 2.89 bits per heavy atom. The molecule has 0 atom stereocenters. The summed E-state index contributed by atoms with van der Waals surface area (Å²) in [6.07, 6.45) is 0.143. The van der Waals surface area contributed by atoms with Gasteiger partial charge in [-0.15, -0.1) is 0 Å². The Morgan fingerprint density at radius 2 is 2.04 bits per heavy atom. The lowest BCUT2D eigenvalue weighted by atomic mass is 10.2. The van der Waals surface area contributed by atoms with E-state index in [1.54, 1.807) is 14.0 Å². The Bertz CT molecular complexity index is 1010. The molecule has 0 aliphatic carbocycles. The van der Waals surface area contributed by atoms with Gasteiger partial charge in [-0.25, -0.2) is 4.98 Å². The second-order valence-corrected chi connectivity index (χ2v) is 6.39. The Morgan fingerprint density at radius 1 is 1.18 bits per heavy atom. The lowest BCUT2D eigenvalue weighted by Crippen LogP contribution is -2.24. The predicted molar refractivity (Wildman–Crippen MR) is 101 cm³/mol.